The second kappa shape index (κ2) is 10.3. The predicted octanol–water partition coefficient (Wildman–Crippen LogP) is -2.65. The first-order valence-electron chi connectivity index (χ1n) is 3.72. The standard InChI is InChI=1S/C9H8O.K.Mn.4O/c10-8-4-7-9-5-2-1-3-6-9;;;;;;/h1-8H;;;;;;/q;+1;;;;;-1. The molecular formula is C9H8KMnO5. The van der Waals surface area contributed by atoms with E-state index in [2.05, 4.69) is 0 Å². The van der Waals surface area contributed by atoms with Crippen molar-refractivity contribution >= 4 is 12.4 Å². The zero-order chi connectivity index (χ0) is 11.7. The molecule has 0 bridgehead atoms. The van der Waals surface area contributed by atoms with Crippen molar-refractivity contribution in [1.82, 2.24) is 0 Å². The van der Waals surface area contributed by atoms with Gasteiger partial charge in [-0.3, -0.25) is 4.79 Å². The summed E-state index contributed by atoms with van der Waals surface area (Å²) >= 11 is -5.62. The van der Waals surface area contributed by atoms with Gasteiger partial charge in [0, 0.05) is 0 Å². The third kappa shape index (κ3) is 16.6. The van der Waals surface area contributed by atoms with E-state index in [4.69, 9.17) is 15.7 Å². The van der Waals surface area contributed by atoms with Gasteiger partial charge in [0.15, 0.2) is 0 Å². The van der Waals surface area contributed by atoms with E-state index in [9.17, 15) is 4.79 Å². The molecule has 0 amide bonds. The summed E-state index contributed by atoms with van der Waals surface area (Å²) in [6.45, 7) is 0. The zero-order valence-corrected chi connectivity index (χ0v) is 12.8. The van der Waals surface area contributed by atoms with Crippen molar-refractivity contribution in [3.63, 3.8) is 0 Å². The number of benzene rings is 1. The Morgan fingerprint density at radius 1 is 1.06 bits per heavy atom. The topological polar surface area (TPSA) is 91.3 Å². The molecule has 0 saturated carbocycles. The third-order valence-electron chi connectivity index (χ3n) is 1.17. The molecule has 0 radical (unpaired) electrons. The quantitative estimate of drug-likeness (QED) is 0.337. The molecule has 0 saturated heterocycles. The molecule has 0 unspecified atom stereocenters. The van der Waals surface area contributed by atoms with Crippen LogP contribution in [0.15, 0.2) is 36.4 Å². The summed E-state index contributed by atoms with van der Waals surface area (Å²) in [5.74, 6) is 0. The van der Waals surface area contributed by atoms with E-state index in [1.54, 1.807) is 6.08 Å². The fourth-order valence-electron chi connectivity index (χ4n) is 0.715. The molecule has 1 aromatic carbocycles. The van der Waals surface area contributed by atoms with Crippen molar-refractivity contribution in [2.24, 2.45) is 0 Å². The summed E-state index contributed by atoms with van der Waals surface area (Å²) in [6, 6.07) is 9.70. The minimum absolute atomic E-state index is 0. The maximum atomic E-state index is 9.89. The van der Waals surface area contributed by atoms with Crippen LogP contribution in [0.4, 0.5) is 0 Å². The summed E-state index contributed by atoms with van der Waals surface area (Å²) in [5, 5.41) is 0. The van der Waals surface area contributed by atoms with Crippen LogP contribution in [0.5, 0.6) is 0 Å². The molecule has 0 atom stereocenters. The normalized spacial score (nSPS) is 9.81. The fourth-order valence-corrected chi connectivity index (χ4v) is 0.715. The number of hydrogen-bond donors (Lipinski definition) is 0. The molecule has 1 aromatic rings. The molecule has 82 valence electrons. The van der Waals surface area contributed by atoms with Crippen LogP contribution in [0.3, 0.4) is 0 Å². The van der Waals surface area contributed by atoms with Crippen molar-refractivity contribution in [3.05, 3.63) is 42.0 Å². The van der Waals surface area contributed by atoms with Crippen LogP contribution in [0, 0.1) is 0 Å². The van der Waals surface area contributed by atoms with Crippen LogP contribution in [0.2, 0.25) is 0 Å². The van der Waals surface area contributed by atoms with Gasteiger partial charge in [0.05, 0.1) is 0 Å². The Balaban J connectivity index is 0. The summed E-state index contributed by atoms with van der Waals surface area (Å²) in [6.07, 6.45) is 4.02. The molecular weight excluding hydrogens is 282 g/mol. The van der Waals surface area contributed by atoms with Gasteiger partial charge in [0.1, 0.15) is 6.29 Å². The summed E-state index contributed by atoms with van der Waals surface area (Å²) in [5.41, 5.74) is 1.05. The van der Waals surface area contributed by atoms with Gasteiger partial charge in [-0.2, -0.15) is 0 Å². The first kappa shape index (κ1) is 18.5. The van der Waals surface area contributed by atoms with Crippen LogP contribution in [0.25, 0.3) is 6.08 Å². The van der Waals surface area contributed by atoms with E-state index < -0.39 is 13.0 Å². The molecule has 0 aliphatic carbocycles. The van der Waals surface area contributed by atoms with Gasteiger partial charge in [-0.15, -0.1) is 0 Å². The molecule has 0 spiro atoms. The summed E-state index contributed by atoms with van der Waals surface area (Å²) < 4.78 is 34.3. The Kier molecular flexibility index (Phi) is 11.9. The first-order chi connectivity index (χ1) is 6.93. The van der Waals surface area contributed by atoms with Crippen molar-refractivity contribution in [2.45, 2.75) is 0 Å². The average molecular weight is 290 g/mol. The molecule has 0 fully saturated rings. The van der Waals surface area contributed by atoms with E-state index in [0.717, 1.165) is 11.8 Å². The zero-order valence-electron chi connectivity index (χ0n) is 8.54. The molecule has 7 heteroatoms. The predicted molar refractivity (Wildman–Crippen MR) is 43.6 cm³/mol. The molecule has 1 rings (SSSR count). The average Bonchev–Trinajstić information content (AvgIpc) is 2.14. The van der Waals surface area contributed by atoms with Crippen LogP contribution in [-0.2, 0) is 29.3 Å². The molecule has 0 aromatic heterocycles. The number of hydrogen-bond acceptors (Lipinski definition) is 5. The number of carbonyl (C=O) groups excluding carboxylic acids is 1. The Hall–Kier alpha value is 0.146. The van der Waals surface area contributed by atoms with Crippen molar-refractivity contribution in [2.75, 3.05) is 0 Å². The number of carbonyl (C=O) groups is 1. The van der Waals surface area contributed by atoms with E-state index in [-0.39, 0.29) is 51.4 Å². The van der Waals surface area contributed by atoms with Gasteiger partial charge in [-0.05, 0) is 11.6 Å². The van der Waals surface area contributed by atoms with Crippen LogP contribution < -0.4 is 55.6 Å². The maximum absolute atomic E-state index is 9.89. The van der Waals surface area contributed by atoms with E-state index in [1.807, 2.05) is 30.3 Å². The molecule has 0 N–H and O–H groups in total. The van der Waals surface area contributed by atoms with Crippen LogP contribution >= 0.6 is 0 Å². The van der Waals surface area contributed by atoms with Gasteiger partial charge >= 0.3 is 80.0 Å². The first-order valence-corrected chi connectivity index (χ1v) is 5.65. The van der Waals surface area contributed by atoms with Gasteiger partial charge in [0.2, 0.25) is 0 Å². The van der Waals surface area contributed by atoms with Crippen molar-refractivity contribution in [1.29, 1.82) is 0 Å². The van der Waals surface area contributed by atoms with Crippen molar-refractivity contribution < 1.29 is 84.8 Å². The summed E-state index contributed by atoms with van der Waals surface area (Å²) in [4.78, 5) is 9.89. The van der Waals surface area contributed by atoms with Crippen LogP contribution in [0.1, 0.15) is 5.56 Å². The second-order valence-corrected chi connectivity index (χ2v) is 3.46. The Morgan fingerprint density at radius 2 is 1.50 bits per heavy atom. The van der Waals surface area contributed by atoms with Gasteiger partial charge in [-0.25, -0.2) is 0 Å². The minimum atomic E-state index is -5.62. The Bertz CT molecular complexity index is 459. The van der Waals surface area contributed by atoms with E-state index in [1.165, 1.54) is 6.08 Å². The summed E-state index contributed by atoms with van der Waals surface area (Å²) in [7, 11) is 0. The third-order valence-corrected chi connectivity index (χ3v) is 1.17. The van der Waals surface area contributed by atoms with Crippen molar-refractivity contribution in [3.8, 4) is 0 Å². The van der Waals surface area contributed by atoms with Gasteiger partial charge < -0.3 is 0 Å². The van der Waals surface area contributed by atoms with Crippen LogP contribution in [-0.4, -0.2) is 6.29 Å². The number of rotatable bonds is 2. The second-order valence-electron chi connectivity index (χ2n) is 2.28. The molecule has 0 aliphatic rings. The monoisotopic (exact) mass is 290 g/mol. The molecule has 5 nitrogen and oxygen atoms in total. The molecule has 16 heavy (non-hydrogen) atoms. The van der Waals surface area contributed by atoms with Gasteiger partial charge in [-0.1, -0.05) is 36.4 Å². The van der Waals surface area contributed by atoms with E-state index in [0.29, 0.717) is 0 Å². The SMILES string of the molecule is O=CC=Cc1ccccc1.[K+].[O]=[Mn](=[O])(=[O])[O-]. The fraction of sp³-hybridized carbons (Fsp3) is 0. The Morgan fingerprint density at radius 3 is 1.88 bits per heavy atom. The number of allylic oxidation sites excluding steroid dienone is 1. The van der Waals surface area contributed by atoms with Gasteiger partial charge in [0.25, 0.3) is 0 Å². The van der Waals surface area contributed by atoms with E-state index >= 15 is 0 Å². The molecule has 0 aliphatic heterocycles. The molecule has 0 heterocycles. The number of aldehydes is 1. The Labute approximate surface area is 137 Å².